The highest BCUT2D eigenvalue weighted by molar-refractivity contribution is 4.73. The summed E-state index contributed by atoms with van der Waals surface area (Å²) >= 11 is 0. The lowest BCUT2D eigenvalue weighted by Crippen LogP contribution is -2.42. The molecule has 0 bridgehead atoms. The second-order valence-corrected chi connectivity index (χ2v) is 4.18. The van der Waals surface area contributed by atoms with Gasteiger partial charge in [0.25, 0.3) is 0 Å². The zero-order valence-corrected chi connectivity index (χ0v) is 10.6. The molecule has 0 aromatic heterocycles. The van der Waals surface area contributed by atoms with Crippen LogP contribution in [0.2, 0.25) is 0 Å². The lowest BCUT2D eigenvalue weighted by atomic mass is 10.1. The summed E-state index contributed by atoms with van der Waals surface area (Å²) in [5.41, 5.74) is 0. The molecule has 0 aromatic rings. The highest BCUT2D eigenvalue weighted by Crippen LogP contribution is 2.08. The Kier molecular flexibility index (Phi) is 8.20. The second kappa shape index (κ2) is 8.25. The van der Waals surface area contributed by atoms with Crippen LogP contribution in [-0.2, 0) is 0 Å². The predicted molar refractivity (Wildman–Crippen MR) is 64.8 cm³/mol. The third kappa shape index (κ3) is 4.97. The molecule has 0 saturated heterocycles. The van der Waals surface area contributed by atoms with Gasteiger partial charge in [0.1, 0.15) is 0 Å². The van der Waals surface area contributed by atoms with E-state index in [9.17, 15) is 0 Å². The monoisotopic (exact) mass is 200 g/mol. The molecule has 0 radical (unpaired) electrons. The van der Waals surface area contributed by atoms with Gasteiger partial charge in [-0.1, -0.05) is 27.2 Å². The first-order valence-corrected chi connectivity index (χ1v) is 6.06. The standard InChI is InChI=1S/C12H28N2/c1-6-9-11(13-4)10-14(5)12(7-2)8-3/h11-13H,6-10H2,1-5H3. The van der Waals surface area contributed by atoms with Gasteiger partial charge in [0.2, 0.25) is 0 Å². The van der Waals surface area contributed by atoms with Crippen LogP contribution >= 0.6 is 0 Å². The van der Waals surface area contributed by atoms with Crippen molar-refractivity contribution < 1.29 is 0 Å². The zero-order valence-electron chi connectivity index (χ0n) is 10.6. The molecular weight excluding hydrogens is 172 g/mol. The Labute approximate surface area is 90.1 Å². The average Bonchev–Trinajstić information content (AvgIpc) is 2.19. The Morgan fingerprint density at radius 1 is 1.14 bits per heavy atom. The molecule has 0 saturated carbocycles. The van der Waals surface area contributed by atoms with Crippen LogP contribution in [0.15, 0.2) is 0 Å². The largest absolute Gasteiger partial charge is 0.316 e. The average molecular weight is 200 g/mol. The maximum Gasteiger partial charge on any atom is 0.0191 e. The van der Waals surface area contributed by atoms with E-state index in [2.05, 4.69) is 45.1 Å². The molecule has 86 valence electrons. The second-order valence-electron chi connectivity index (χ2n) is 4.18. The van der Waals surface area contributed by atoms with Crippen molar-refractivity contribution in [1.82, 2.24) is 10.2 Å². The smallest absolute Gasteiger partial charge is 0.0191 e. The van der Waals surface area contributed by atoms with Crippen molar-refractivity contribution in [3.05, 3.63) is 0 Å². The quantitative estimate of drug-likeness (QED) is 0.647. The molecule has 0 aliphatic carbocycles. The normalized spacial score (nSPS) is 13.9. The molecule has 0 amide bonds. The highest BCUT2D eigenvalue weighted by atomic mass is 15.1. The van der Waals surface area contributed by atoms with E-state index in [1.54, 1.807) is 0 Å². The van der Waals surface area contributed by atoms with E-state index in [4.69, 9.17) is 0 Å². The van der Waals surface area contributed by atoms with Gasteiger partial charge in [0, 0.05) is 18.6 Å². The molecule has 0 aliphatic rings. The summed E-state index contributed by atoms with van der Waals surface area (Å²) in [4.78, 5) is 2.50. The summed E-state index contributed by atoms with van der Waals surface area (Å²) in [6.45, 7) is 7.98. The van der Waals surface area contributed by atoms with Gasteiger partial charge in [0.05, 0.1) is 0 Å². The maximum atomic E-state index is 3.40. The number of hydrogen-bond acceptors (Lipinski definition) is 2. The van der Waals surface area contributed by atoms with Crippen LogP contribution in [-0.4, -0.2) is 37.6 Å². The van der Waals surface area contributed by atoms with E-state index in [0.717, 1.165) is 6.04 Å². The number of rotatable bonds is 8. The summed E-state index contributed by atoms with van der Waals surface area (Å²) < 4.78 is 0. The van der Waals surface area contributed by atoms with Crippen LogP contribution in [0.25, 0.3) is 0 Å². The highest BCUT2D eigenvalue weighted by Gasteiger charge is 2.14. The Balaban J connectivity index is 3.92. The van der Waals surface area contributed by atoms with Gasteiger partial charge in [-0.2, -0.15) is 0 Å². The summed E-state index contributed by atoms with van der Waals surface area (Å²) in [5.74, 6) is 0. The van der Waals surface area contributed by atoms with Crippen LogP contribution in [0.4, 0.5) is 0 Å². The summed E-state index contributed by atoms with van der Waals surface area (Å²) in [5, 5.41) is 3.40. The molecule has 0 aliphatic heterocycles. The molecular formula is C12H28N2. The molecule has 2 heteroatoms. The van der Waals surface area contributed by atoms with Crippen LogP contribution in [0, 0.1) is 0 Å². The Morgan fingerprint density at radius 3 is 2.07 bits per heavy atom. The fourth-order valence-corrected chi connectivity index (χ4v) is 2.08. The van der Waals surface area contributed by atoms with E-state index in [0.29, 0.717) is 6.04 Å². The molecule has 1 N–H and O–H groups in total. The molecule has 0 aromatic carbocycles. The summed E-state index contributed by atoms with van der Waals surface area (Å²) in [6.07, 6.45) is 5.06. The fraction of sp³-hybridized carbons (Fsp3) is 1.00. The predicted octanol–water partition coefficient (Wildman–Crippen LogP) is 2.49. The van der Waals surface area contributed by atoms with Crippen molar-refractivity contribution in [3.8, 4) is 0 Å². The first-order chi connectivity index (χ1) is 6.69. The van der Waals surface area contributed by atoms with Crippen molar-refractivity contribution >= 4 is 0 Å². The van der Waals surface area contributed by atoms with Gasteiger partial charge in [-0.05, 0) is 33.4 Å². The Bertz CT molecular complexity index is 121. The number of hydrogen-bond donors (Lipinski definition) is 1. The maximum absolute atomic E-state index is 3.40. The molecule has 1 unspecified atom stereocenters. The van der Waals surface area contributed by atoms with Crippen molar-refractivity contribution in [2.24, 2.45) is 0 Å². The molecule has 2 nitrogen and oxygen atoms in total. The van der Waals surface area contributed by atoms with E-state index in [1.807, 2.05) is 0 Å². The number of nitrogens with zero attached hydrogens (tertiary/aromatic N) is 1. The molecule has 0 spiro atoms. The van der Waals surface area contributed by atoms with Gasteiger partial charge in [-0.25, -0.2) is 0 Å². The molecule has 0 fully saturated rings. The van der Waals surface area contributed by atoms with E-state index < -0.39 is 0 Å². The van der Waals surface area contributed by atoms with Crippen LogP contribution in [0.1, 0.15) is 46.5 Å². The van der Waals surface area contributed by atoms with E-state index >= 15 is 0 Å². The van der Waals surface area contributed by atoms with Gasteiger partial charge in [-0.3, -0.25) is 0 Å². The van der Waals surface area contributed by atoms with Gasteiger partial charge in [-0.15, -0.1) is 0 Å². The van der Waals surface area contributed by atoms with E-state index in [1.165, 1.54) is 32.2 Å². The van der Waals surface area contributed by atoms with E-state index in [-0.39, 0.29) is 0 Å². The van der Waals surface area contributed by atoms with Crippen LogP contribution in [0.5, 0.6) is 0 Å². The van der Waals surface area contributed by atoms with Crippen LogP contribution < -0.4 is 5.32 Å². The van der Waals surface area contributed by atoms with Crippen molar-refractivity contribution in [2.45, 2.75) is 58.5 Å². The van der Waals surface area contributed by atoms with Gasteiger partial charge >= 0.3 is 0 Å². The molecule has 14 heavy (non-hydrogen) atoms. The van der Waals surface area contributed by atoms with Gasteiger partial charge < -0.3 is 10.2 Å². The molecule has 0 rings (SSSR count). The van der Waals surface area contributed by atoms with Crippen molar-refractivity contribution in [3.63, 3.8) is 0 Å². The minimum atomic E-state index is 0.658. The van der Waals surface area contributed by atoms with Gasteiger partial charge in [0.15, 0.2) is 0 Å². The lowest BCUT2D eigenvalue weighted by molar-refractivity contribution is 0.204. The minimum Gasteiger partial charge on any atom is -0.316 e. The van der Waals surface area contributed by atoms with Crippen molar-refractivity contribution in [1.29, 1.82) is 0 Å². The first kappa shape index (κ1) is 13.9. The molecule has 0 heterocycles. The topological polar surface area (TPSA) is 15.3 Å². The molecule has 1 atom stereocenters. The lowest BCUT2D eigenvalue weighted by Gasteiger charge is -2.30. The van der Waals surface area contributed by atoms with Crippen LogP contribution in [0.3, 0.4) is 0 Å². The Hall–Kier alpha value is -0.0800. The SMILES string of the molecule is CCCC(CN(C)C(CC)CC)NC. The number of likely N-dealkylation sites (N-methyl/N-ethyl adjacent to an activating group) is 2. The zero-order chi connectivity index (χ0) is 11.0. The first-order valence-electron chi connectivity index (χ1n) is 6.06. The summed E-state index contributed by atoms with van der Waals surface area (Å²) in [6, 6.07) is 1.41. The summed E-state index contributed by atoms with van der Waals surface area (Å²) in [7, 11) is 4.32. The van der Waals surface area contributed by atoms with Crippen molar-refractivity contribution in [2.75, 3.05) is 20.6 Å². The third-order valence-electron chi connectivity index (χ3n) is 3.12. The third-order valence-corrected chi connectivity index (χ3v) is 3.12. The fourth-order valence-electron chi connectivity index (χ4n) is 2.08. The minimum absolute atomic E-state index is 0.658. The number of nitrogens with one attached hydrogen (secondary N) is 1. The Morgan fingerprint density at radius 2 is 1.71 bits per heavy atom.